The Balaban J connectivity index is 2.94. The lowest BCUT2D eigenvalue weighted by Crippen LogP contribution is -2.25. The molecule has 0 spiro atoms. The monoisotopic (exact) mass is 216 g/mol. The van der Waals surface area contributed by atoms with Crippen LogP contribution in [-0.4, -0.2) is 4.57 Å². The third-order valence-electron chi connectivity index (χ3n) is 2.96. The van der Waals surface area contributed by atoms with Gasteiger partial charge >= 0.3 is 0 Å². The molecule has 0 aliphatic carbocycles. The van der Waals surface area contributed by atoms with Crippen LogP contribution < -0.4 is 11.3 Å². The van der Waals surface area contributed by atoms with E-state index in [-0.39, 0.29) is 11.6 Å². The van der Waals surface area contributed by atoms with Crippen molar-refractivity contribution in [3.63, 3.8) is 0 Å². The van der Waals surface area contributed by atoms with Crippen LogP contribution in [0.2, 0.25) is 0 Å². The molecule has 0 aliphatic rings. The van der Waals surface area contributed by atoms with E-state index in [1.54, 1.807) is 11.6 Å². The van der Waals surface area contributed by atoms with E-state index in [1.165, 1.54) is 0 Å². The van der Waals surface area contributed by atoms with Crippen LogP contribution in [0.25, 0.3) is 10.9 Å². The molecule has 2 aromatic rings. The molecule has 3 heteroatoms. The Morgan fingerprint density at radius 3 is 2.69 bits per heavy atom. The number of nitrogens with two attached hydrogens (primary N) is 1. The SMILES string of the molecule is Cc1cccc2cc(C(C)N)c(=O)n(C)c12. The lowest BCUT2D eigenvalue weighted by Gasteiger charge is -2.12. The predicted octanol–water partition coefficient (Wildman–Crippen LogP) is 1.87. The molecular weight excluding hydrogens is 200 g/mol. The van der Waals surface area contributed by atoms with E-state index in [0.29, 0.717) is 5.56 Å². The van der Waals surface area contributed by atoms with Gasteiger partial charge in [0.25, 0.3) is 5.56 Å². The topological polar surface area (TPSA) is 48.0 Å². The molecule has 0 fully saturated rings. The largest absolute Gasteiger partial charge is 0.324 e. The van der Waals surface area contributed by atoms with Gasteiger partial charge in [-0.25, -0.2) is 0 Å². The second-order valence-corrected chi connectivity index (χ2v) is 4.27. The fourth-order valence-electron chi connectivity index (χ4n) is 2.11. The Labute approximate surface area is 94.5 Å². The van der Waals surface area contributed by atoms with Crippen molar-refractivity contribution in [3.05, 3.63) is 45.7 Å². The smallest absolute Gasteiger partial charge is 0.255 e. The molecule has 0 radical (unpaired) electrons. The molecule has 16 heavy (non-hydrogen) atoms. The number of hydrogen-bond acceptors (Lipinski definition) is 2. The number of benzene rings is 1. The van der Waals surface area contributed by atoms with Crippen molar-refractivity contribution < 1.29 is 0 Å². The third-order valence-corrected chi connectivity index (χ3v) is 2.96. The maximum atomic E-state index is 12.1. The lowest BCUT2D eigenvalue weighted by molar-refractivity contribution is 0.771. The van der Waals surface area contributed by atoms with E-state index in [4.69, 9.17) is 5.73 Å². The molecule has 3 nitrogen and oxygen atoms in total. The fraction of sp³-hybridized carbons (Fsp3) is 0.308. The number of para-hydroxylation sites is 1. The van der Waals surface area contributed by atoms with E-state index in [9.17, 15) is 4.79 Å². The van der Waals surface area contributed by atoms with Gasteiger partial charge in [-0.3, -0.25) is 4.79 Å². The molecule has 84 valence electrons. The van der Waals surface area contributed by atoms with Gasteiger partial charge in [0.1, 0.15) is 0 Å². The molecule has 1 aromatic heterocycles. The van der Waals surface area contributed by atoms with Crippen LogP contribution in [0.5, 0.6) is 0 Å². The Hall–Kier alpha value is -1.61. The van der Waals surface area contributed by atoms with E-state index in [0.717, 1.165) is 16.5 Å². The summed E-state index contributed by atoms with van der Waals surface area (Å²) in [6.45, 7) is 3.84. The van der Waals surface area contributed by atoms with Crippen LogP contribution >= 0.6 is 0 Å². The molecule has 1 aromatic carbocycles. The average Bonchev–Trinajstić information content (AvgIpc) is 2.22. The van der Waals surface area contributed by atoms with Crippen molar-refractivity contribution >= 4 is 10.9 Å². The molecule has 2 rings (SSSR count). The zero-order valence-electron chi connectivity index (χ0n) is 9.82. The van der Waals surface area contributed by atoms with Gasteiger partial charge in [-0.2, -0.15) is 0 Å². The molecule has 0 amide bonds. The van der Waals surface area contributed by atoms with Crippen molar-refractivity contribution in [2.24, 2.45) is 12.8 Å². The summed E-state index contributed by atoms with van der Waals surface area (Å²) in [4.78, 5) is 12.1. The molecule has 0 saturated heterocycles. The minimum Gasteiger partial charge on any atom is -0.324 e. The second-order valence-electron chi connectivity index (χ2n) is 4.27. The normalized spacial score (nSPS) is 13.0. The summed E-state index contributed by atoms with van der Waals surface area (Å²) < 4.78 is 1.68. The quantitative estimate of drug-likeness (QED) is 0.791. The zero-order valence-corrected chi connectivity index (χ0v) is 9.82. The van der Waals surface area contributed by atoms with Gasteiger partial charge in [0.05, 0.1) is 5.52 Å². The van der Waals surface area contributed by atoms with Crippen molar-refractivity contribution in [1.82, 2.24) is 4.57 Å². The number of pyridine rings is 1. The first-order chi connectivity index (χ1) is 7.52. The maximum absolute atomic E-state index is 12.1. The summed E-state index contributed by atoms with van der Waals surface area (Å²) in [5.74, 6) is 0. The number of aryl methyl sites for hydroxylation is 2. The van der Waals surface area contributed by atoms with Crippen molar-refractivity contribution in [2.75, 3.05) is 0 Å². The lowest BCUT2D eigenvalue weighted by atomic mass is 10.1. The summed E-state index contributed by atoms with van der Waals surface area (Å²) in [5, 5.41) is 1.06. The number of nitrogens with zero attached hydrogens (tertiary/aromatic N) is 1. The third kappa shape index (κ3) is 1.53. The Morgan fingerprint density at radius 1 is 1.38 bits per heavy atom. The Bertz CT molecular complexity index is 597. The summed E-state index contributed by atoms with van der Waals surface area (Å²) in [6.07, 6.45) is 0. The Kier molecular flexibility index (Phi) is 2.56. The number of fused-ring (bicyclic) bond motifs is 1. The molecular formula is C13H16N2O. The molecule has 2 N–H and O–H groups in total. The molecule has 1 heterocycles. The summed E-state index contributed by atoms with van der Waals surface area (Å²) in [6, 6.07) is 7.67. The van der Waals surface area contributed by atoms with E-state index in [1.807, 2.05) is 38.1 Å². The van der Waals surface area contributed by atoms with Gasteiger partial charge in [0.15, 0.2) is 0 Å². The molecule has 1 atom stereocenters. The van der Waals surface area contributed by atoms with E-state index in [2.05, 4.69) is 0 Å². The van der Waals surface area contributed by atoms with Crippen molar-refractivity contribution in [2.45, 2.75) is 19.9 Å². The van der Waals surface area contributed by atoms with E-state index < -0.39 is 0 Å². The minimum absolute atomic E-state index is 0.00296. The highest BCUT2D eigenvalue weighted by Gasteiger charge is 2.10. The van der Waals surface area contributed by atoms with Gasteiger partial charge in [-0.15, -0.1) is 0 Å². The van der Waals surface area contributed by atoms with E-state index >= 15 is 0 Å². The number of rotatable bonds is 1. The highest BCUT2D eigenvalue weighted by atomic mass is 16.1. The highest BCUT2D eigenvalue weighted by Crippen LogP contribution is 2.18. The standard InChI is InChI=1S/C13H16N2O/c1-8-5-4-6-10-7-11(9(2)14)13(16)15(3)12(8)10/h4-7,9H,14H2,1-3H3. The van der Waals surface area contributed by atoms with Crippen LogP contribution in [0.3, 0.4) is 0 Å². The van der Waals surface area contributed by atoms with Gasteiger partial charge in [-0.1, -0.05) is 18.2 Å². The van der Waals surface area contributed by atoms with Crippen LogP contribution in [0.1, 0.15) is 24.1 Å². The summed E-state index contributed by atoms with van der Waals surface area (Å²) >= 11 is 0. The molecule has 0 aliphatic heterocycles. The van der Waals surface area contributed by atoms with Crippen LogP contribution in [0.4, 0.5) is 0 Å². The predicted molar refractivity (Wildman–Crippen MR) is 66.5 cm³/mol. The first kappa shape index (κ1) is 10.9. The van der Waals surface area contributed by atoms with Crippen LogP contribution in [0, 0.1) is 6.92 Å². The first-order valence-corrected chi connectivity index (χ1v) is 5.37. The maximum Gasteiger partial charge on any atom is 0.255 e. The Morgan fingerprint density at radius 2 is 2.06 bits per heavy atom. The average molecular weight is 216 g/mol. The van der Waals surface area contributed by atoms with Crippen molar-refractivity contribution in [1.29, 1.82) is 0 Å². The number of aromatic nitrogens is 1. The minimum atomic E-state index is -0.233. The first-order valence-electron chi connectivity index (χ1n) is 5.37. The van der Waals surface area contributed by atoms with Gasteiger partial charge < -0.3 is 10.3 Å². The van der Waals surface area contributed by atoms with Crippen molar-refractivity contribution in [3.8, 4) is 0 Å². The van der Waals surface area contributed by atoms with Gasteiger partial charge in [0, 0.05) is 18.7 Å². The highest BCUT2D eigenvalue weighted by molar-refractivity contribution is 5.82. The summed E-state index contributed by atoms with van der Waals surface area (Å²) in [5.41, 5.74) is 8.55. The second kappa shape index (κ2) is 3.76. The number of hydrogen-bond donors (Lipinski definition) is 1. The molecule has 0 bridgehead atoms. The summed E-state index contributed by atoms with van der Waals surface area (Å²) in [7, 11) is 1.80. The van der Waals surface area contributed by atoms with Crippen LogP contribution in [0.15, 0.2) is 29.1 Å². The van der Waals surface area contributed by atoms with Gasteiger partial charge in [0.2, 0.25) is 0 Å². The van der Waals surface area contributed by atoms with Gasteiger partial charge in [-0.05, 0) is 30.9 Å². The molecule has 0 saturated carbocycles. The van der Waals surface area contributed by atoms with Crippen LogP contribution in [-0.2, 0) is 7.05 Å². The zero-order chi connectivity index (χ0) is 11.9. The molecule has 1 unspecified atom stereocenters. The fourth-order valence-corrected chi connectivity index (χ4v) is 2.11.